The van der Waals surface area contributed by atoms with Gasteiger partial charge in [-0.2, -0.15) is 0 Å². The molecule has 0 fully saturated rings. The number of aromatic nitrogens is 2. The fraction of sp³-hybridized carbons (Fsp3) is 0.286. The second kappa shape index (κ2) is 9.94. The molecule has 3 aromatic rings. The SMILES string of the molecule is CNCc1cc(-c2ccccc2F)n(S(=O)(=O)c2cncc(COCCOC)c2)c1. The summed E-state index contributed by atoms with van der Waals surface area (Å²) in [5.74, 6) is -0.499. The Kier molecular flexibility index (Phi) is 7.33. The molecule has 9 heteroatoms. The molecule has 0 spiro atoms. The van der Waals surface area contributed by atoms with Crippen LogP contribution in [0.2, 0.25) is 0 Å². The number of pyridine rings is 1. The van der Waals surface area contributed by atoms with Crippen LogP contribution in [0.5, 0.6) is 0 Å². The van der Waals surface area contributed by atoms with Gasteiger partial charge in [0.25, 0.3) is 10.0 Å². The Morgan fingerprint density at radius 2 is 1.93 bits per heavy atom. The summed E-state index contributed by atoms with van der Waals surface area (Å²) in [5, 5.41) is 2.98. The molecule has 0 atom stereocenters. The van der Waals surface area contributed by atoms with Gasteiger partial charge in [-0.1, -0.05) is 12.1 Å². The van der Waals surface area contributed by atoms with E-state index in [-0.39, 0.29) is 22.8 Å². The lowest BCUT2D eigenvalue weighted by molar-refractivity contribution is 0.0615. The number of rotatable bonds is 10. The molecular formula is C21H24FN3O4S. The lowest BCUT2D eigenvalue weighted by Gasteiger charge is -2.12. The van der Waals surface area contributed by atoms with Crippen molar-refractivity contribution < 1.29 is 22.3 Å². The topological polar surface area (TPSA) is 82.5 Å². The molecule has 3 rings (SSSR count). The second-order valence-corrected chi connectivity index (χ2v) is 8.43. The Morgan fingerprint density at radius 3 is 2.67 bits per heavy atom. The lowest BCUT2D eigenvalue weighted by Crippen LogP contribution is -2.14. The van der Waals surface area contributed by atoms with Gasteiger partial charge in [-0.3, -0.25) is 4.98 Å². The lowest BCUT2D eigenvalue weighted by atomic mass is 10.1. The van der Waals surface area contributed by atoms with E-state index < -0.39 is 15.8 Å². The van der Waals surface area contributed by atoms with Gasteiger partial charge < -0.3 is 14.8 Å². The molecule has 1 aromatic carbocycles. The minimum atomic E-state index is -4.01. The van der Waals surface area contributed by atoms with Gasteiger partial charge in [-0.25, -0.2) is 16.8 Å². The Bertz CT molecular complexity index is 1100. The number of methoxy groups -OCH3 is 1. The van der Waals surface area contributed by atoms with Gasteiger partial charge in [0, 0.05) is 37.8 Å². The first kappa shape index (κ1) is 22.1. The predicted octanol–water partition coefficient (Wildman–Crippen LogP) is 2.81. The van der Waals surface area contributed by atoms with E-state index in [1.807, 2.05) is 0 Å². The summed E-state index contributed by atoms with van der Waals surface area (Å²) in [4.78, 5) is 4.05. The monoisotopic (exact) mass is 433 g/mol. The van der Waals surface area contributed by atoms with Gasteiger partial charge in [0.05, 0.1) is 25.5 Å². The summed E-state index contributed by atoms with van der Waals surface area (Å²) in [5.41, 5.74) is 1.78. The summed E-state index contributed by atoms with van der Waals surface area (Å²) in [6.45, 7) is 1.47. The van der Waals surface area contributed by atoms with E-state index in [0.717, 1.165) is 3.97 Å². The molecule has 7 nitrogen and oxygen atoms in total. The van der Waals surface area contributed by atoms with Crippen LogP contribution in [-0.2, 0) is 32.6 Å². The van der Waals surface area contributed by atoms with Crippen LogP contribution < -0.4 is 5.32 Å². The van der Waals surface area contributed by atoms with Crippen LogP contribution in [-0.4, -0.2) is 44.7 Å². The predicted molar refractivity (Wildman–Crippen MR) is 111 cm³/mol. The van der Waals surface area contributed by atoms with Crippen LogP contribution in [0.4, 0.5) is 4.39 Å². The molecule has 0 saturated heterocycles. The maximum absolute atomic E-state index is 14.4. The highest BCUT2D eigenvalue weighted by atomic mass is 32.2. The van der Waals surface area contributed by atoms with Crippen molar-refractivity contribution in [1.29, 1.82) is 0 Å². The molecule has 0 bridgehead atoms. The highest BCUT2D eigenvalue weighted by molar-refractivity contribution is 7.90. The number of benzene rings is 1. The third-order valence-corrected chi connectivity index (χ3v) is 6.04. The van der Waals surface area contributed by atoms with Crippen molar-refractivity contribution in [1.82, 2.24) is 14.3 Å². The second-order valence-electron chi connectivity index (χ2n) is 6.62. The van der Waals surface area contributed by atoms with Gasteiger partial charge in [0.1, 0.15) is 10.7 Å². The Hall–Kier alpha value is -2.59. The van der Waals surface area contributed by atoms with E-state index >= 15 is 0 Å². The maximum Gasteiger partial charge on any atom is 0.269 e. The molecule has 2 heterocycles. The van der Waals surface area contributed by atoms with Crippen LogP contribution >= 0.6 is 0 Å². The largest absolute Gasteiger partial charge is 0.382 e. The van der Waals surface area contributed by atoms with Crippen molar-refractivity contribution in [3.05, 3.63) is 71.9 Å². The summed E-state index contributed by atoms with van der Waals surface area (Å²) >= 11 is 0. The smallest absolute Gasteiger partial charge is 0.269 e. The van der Waals surface area contributed by atoms with Crippen molar-refractivity contribution >= 4 is 10.0 Å². The highest BCUT2D eigenvalue weighted by Crippen LogP contribution is 2.29. The number of ether oxygens (including phenoxy) is 2. The maximum atomic E-state index is 14.4. The molecule has 0 aliphatic heterocycles. The number of nitrogens with one attached hydrogen (secondary N) is 1. The number of nitrogens with zero attached hydrogens (tertiary/aromatic N) is 2. The molecule has 1 N–H and O–H groups in total. The van der Waals surface area contributed by atoms with Crippen LogP contribution in [0.3, 0.4) is 0 Å². The standard InChI is InChI=1S/C21H24FN3O4S/c1-23-11-16-10-21(19-5-3-4-6-20(19)22)25(14-16)30(26,27)18-9-17(12-24-13-18)15-29-8-7-28-2/h3-6,9-10,12-14,23H,7-8,11,15H2,1-2H3. The molecule has 0 radical (unpaired) electrons. The van der Waals surface area contributed by atoms with E-state index in [4.69, 9.17) is 9.47 Å². The van der Waals surface area contributed by atoms with Crippen LogP contribution in [0.15, 0.2) is 59.9 Å². The van der Waals surface area contributed by atoms with Crippen molar-refractivity contribution in [2.24, 2.45) is 0 Å². The van der Waals surface area contributed by atoms with Gasteiger partial charge in [-0.15, -0.1) is 0 Å². The van der Waals surface area contributed by atoms with Crippen LogP contribution in [0.25, 0.3) is 11.3 Å². The summed E-state index contributed by atoms with van der Waals surface area (Å²) in [6.07, 6.45) is 4.32. The van der Waals surface area contributed by atoms with Gasteiger partial charge in [-0.05, 0) is 42.4 Å². The zero-order valence-corrected chi connectivity index (χ0v) is 17.7. The van der Waals surface area contributed by atoms with Gasteiger partial charge in [0.2, 0.25) is 0 Å². The first-order valence-electron chi connectivity index (χ1n) is 9.34. The van der Waals surface area contributed by atoms with Gasteiger partial charge in [0.15, 0.2) is 0 Å². The molecular weight excluding hydrogens is 409 g/mol. The summed E-state index contributed by atoms with van der Waals surface area (Å²) in [7, 11) is -0.681. The van der Waals surface area contributed by atoms with Crippen LogP contribution in [0.1, 0.15) is 11.1 Å². The average Bonchev–Trinajstić information content (AvgIpc) is 3.17. The molecule has 0 saturated carbocycles. The molecule has 0 aliphatic carbocycles. The van der Waals surface area contributed by atoms with E-state index in [9.17, 15) is 12.8 Å². The highest BCUT2D eigenvalue weighted by Gasteiger charge is 2.24. The normalized spacial score (nSPS) is 11.7. The van der Waals surface area contributed by atoms with Crippen molar-refractivity contribution in [3.8, 4) is 11.3 Å². The third kappa shape index (κ3) is 4.93. The number of hydrogen-bond donors (Lipinski definition) is 1. The third-order valence-electron chi connectivity index (χ3n) is 4.40. The van der Waals surface area contributed by atoms with Crippen molar-refractivity contribution in [2.45, 2.75) is 18.0 Å². The summed E-state index contributed by atoms with van der Waals surface area (Å²) < 4.78 is 52.7. The van der Waals surface area contributed by atoms with Crippen molar-refractivity contribution in [3.63, 3.8) is 0 Å². The number of hydrogen-bond acceptors (Lipinski definition) is 6. The first-order valence-corrected chi connectivity index (χ1v) is 10.8. The Morgan fingerprint density at radius 1 is 1.13 bits per heavy atom. The molecule has 30 heavy (non-hydrogen) atoms. The van der Waals surface area contributed by atoms with Gasteiger partial charge >= 0.3 is 0 Å². The zero-order chi connectivity index (χ0) is 21.6. The van der Waals surface area contributed by atoms with E-state index in [1.165, 1.54) is 24.5 Å². The van der Waals surface area contributed by atoms with E-state index in [1.54, 1.807) is 44.6 Å². The zero-order valence-electron chi connectivity index (χ0n) is 16.8. The molecule has 0 unspecified atom stereocenters. The van der Waals surface area contributed by atoms with E-state index in [2.05, 4.69) is 10.3 Å². The molecule has 160 valence electrons. The fourth-order valence-electron chi connectivity index (χ4n) is 2.99. The summed E-state index contributed by atoms with van der Waals surface area (Å²) in [6, 6.07) is 9.26. The first-order chi connectivity index (χ1) is 14.5. The Labute approximate surface area is 175 Å². The fourth-order valence-corrected chi connectivity index (χ4v) is 4.40. The van der Waals surface area contributed by atoms with Crippen LogP contribution in [0, 0.1) is 5.82 Å². The Balaban J connectivity index is 2.01. The number of halogens is 1. The minimum absolute atomic E-state index is 0.000427. The quantitative estimate of drug-likeness (QED) is 0.495. The molecule has 0 aliphatic rings. The average molecular weight is 434 g/mol. The van der Waals surface area contributed by atoms with Crippen molar-refractivity contribution in [2.75, 3.05) is 27.4 Å². The molecule has 2 aromatic heterocycles. The van der Waals surface area contributed by atoms with E-state index in [0.29, 0.717) is 30.9 Å². The minimum Gasteiger partial charge on any atom is -0.382 e. The molecule has 0 amide bonds.